The fraction of sp³-hybridized carbons (Fsp3) is 0.222. The molecule has 0 radical (unpaired) electrons. The van der Waals surface area contributed by atoms with E-state index in [-0.39, 0.29) is 18.4 Å². The summed E-state index contributed by atoms with van der Waals surface area (Å²) >= 11 is 0. The van der Waals surface area contributed by atoms with Gasteiger partial charge in [-0.15, -0.1) is 12.4 Å². The molecule has 0 aliphatic heterocycles. The highest BCUT2D eigenvalue weighted by Gasteiger charge is 2.31. The fourth-order valence-corrected chi connectivity index (χ4v) is 3.10. The second-order valence-electron chi connectivity index (χ2n) is 5.60. The molecule has 3 aromatic rings. The molecule has 1 aliphatic rings. The minimum atomic E-state index is 0. The van der Waals surface area contributed by atoms with Crippen LogP contribution in [-0.4, -0.2) is 0 Å². The summed E-state index contributed by atoms with van der Waals surface area (Å²) in [6.07, 6.45) is 2.55. The highest BCUT2D eigenvalue weighted by atomic mass is 35.5. The largest absolute Gasteiger partial charge is 0.324 e. The topological polar surface area (TPSA) is 26.0 Å². The lowest BCUT2D eigenvalue weighted by Crippen LogP contribution is -2.13. The number of fused-ring (bicyclic) bond motifs is 2. The van der Waals surface area contributed by atoms with Crippen molar-refractivity contribution < 1.29 is 0 Å². The zero-order valence-corrected chi connectivity index (χ0v) is 12.1. The minimum Gasteiger partial charge on any atom is -0.324 e. The van der Waals surface area contributed by atoms with Crippen molar-refractivity contribution in [3.05, 3.63) is 60.2 Å². The second-order valence-corrected chi connectivity index (χ2v) is 5.60. The lowest BCUT2D eigenvalue weighted by Gasteiger charge is -2.17. The van der Waals surface area contributed by atoms with Crippen molar-refractivity contribution in [3.8, 4) is 0 Å². The van der Waals surface area contributed by atoms with Gasteiger partial charge < -0.3 is 5.73 Å². The van der Waals surface area contributed by atoms with Crippen LogP contribution >= 0.6 is 12.4 Å². The summed E-state index contributed by atoms with van der Waals surface area (Å²) in [5.74, 6) is 0.675. The third-order valence-corrected chi connectivity index (χ3v) is 4.28. The Labute approximate surface area is 125 Å². The van der Waals surface area contributed by atoms with Crippen LogP contribution in [0, 0.1) is 5.92 Å². The Bertz CT molecular complexity index is 708. The summed E-state index contributed by atoms with van der Waals surface area (Å²) in [6, 6.07) is 19.7. The zero-order valence-electron chi connectivity index (χ0n) is 11.3. The number of halogens is 1. The van der Waals surface area contributed by atoms with E-state index in [0.717, 1.165) is 0 Å². The maximum Gasteiger partial charge on any atom is 0.0335 e. The lowest BCUT2D eigenvalue weighted by atomic mass is 9.91. The maximum atomic E-state index is 6.53. The van der Waals surface area contributed by atoms with Gasteiger partial charge in [0, 0.05) is 6.04 Å². The molecule has 0 amide bonds. The van der Waals surface area contributed by atoms with Crippen molar-refractivity contribution in [2.24, 2.45) is 11.7 Å². The Hall–Kier alpha value is -1.57. The third kappa shape index (κ3) is 2.07. The molecule has 2 N–H and O–H groups in total. The van der Waals surface area contributed by atoms with Gasteiger partial charge in [-0.05, 0) is 51.9 Å². The number of rotatable bonds is 2. The highest BCUT2D eigenvalue weighted by molar-refractivity contribution is 6.02. The second kappa shape index (κ2) is 5.08. The van der Waals surface area contributed by atoms with Crippen LogP contribution < -0.4 is 5.73 Å². The minimum absolute atomic E-state index is 0. The number of nitrogens with two attached hydrogens (primary N) is 1. The van der Waals surface area contributed by atoms with Crippen molar-refractivity contribution in [1.29, 1.82) is 0 Å². The van der Waals surface area contributed by atoms with Crippen LogP contribution in [0.25, 0.3) is 21.5 Å². The summed E-state index contributed by atoms with van der Waals surface area (Å²) in [5, 5.41) is 5.24. The van der Waals surface area contributed by atoms with Gasteiger partial charge in [0.2, 0.25) is 0 Å². The predicted molar refractivity (Wildman–Crippen MR) is 88.4 cm³/mol. The molecular formula is C18H18ClN. The van der Waals surface area contributed by atoms with Gasteiger partial charge in [0.15, 0.2) is 0 Å². The molecule has 2 heteroatoms. The molecule has 102 valence electrons. The Balaban J connectivity index is 0.00000121. The van der Waals surface area contributed by atoms with E-state index in [1.165, 1.54) is 39.9 Å². The lowest BCUT2D eigenvalue weighted by molar-refractivity contribution is 0.642. The molecule has 1 aliphatic carbocycles. The van der Waals surface area contributed by atoms with Crippen molar-refractivity contribution in [2.75, 3.05) is 0 Å². The average Bonchev–Trinajstić information content (AvgIpc) is 3.28. The van der Waals surface area contributed by atoms with E-state index >= 15 is 0 Å². The maximum absolute atomic E-state index is 6.53. The smallest absolute Gasteiger partial charge is 0.0335 e. The van der Waals surface area contributed by atoms with Crippen molar-refractivity contribution in [1.82, 2.24) is 0 Å². The summed E-state index contributed by atoms with van der Waals surface area (Å²) in [5.41, 5.74) is 7.88. The monoisotopic (exact) mass is 283 g/mol. The first-order valence-electron chi connectivity index (χ1n) is 7.00. The van der Waals surface area contributed by atoms with Crippen molar-refractivity contribution in [2.45, 2.75) is 18.9 Å². The van der Waals surface area contributed by atoms with Crippen LogP contribution in [0.2, 0.25) is 0 Å². The number of benzene rings is 3. The van der Waals surface area contributed by atoms with Gasteiger partial charge in [-0.1, -0.05) is 48.5 Å². The van der Waals surface area contributed by atoms with E-state index < -0.39 is 0 Å². The molecule has 1 atom stereocenters. The Morgan fingerprint density at radius 3 is 1.85 bits per heavy atom. The Morgan fingerprint density at radius 2 is 1.35 bits per heavy atom. The molecule has 0 unspecified atom stereocenters. The van der Waals surface area contributed by atoms with Crippen LogP contribution in [0.3, 0.4) is 0 Å². The predicted octanol–water partition coefficient (Wildman–Crippen LogP) is 4.82. The zero-order chi connectivity index (χ0) is 12.8. The van der Waals surface area contributed by atoms with E-state index in [2.05, 4.69) is 54.6 Å². The van der Waals surface area contributed by atoms with Gasteiger partial charge in [-0.3, -0.25) is 0 Å². The molecule has 1 saturated carbocycles. The summed E-state index contributed by atoms with van der Waals surface area (Å²) in [6.45, 7) is 0. The molecule has 20 heavy (non-hydrogen) atoms. The van der Waals surface area contributed by atoms with Crippen LogP contribution in [0.5, 0.6) is 0 Å². The highest BCUT2D eigenvalue weighted by Crippen LogP contribution is 2.43. The summed E-state index contributed by atoms with van der Waals surface area (Å²) < 4.78 is 0. The van der Waals surface area contributed by atoms with Gasteiger partial charge in [0.1, 0.15) is 0 Å². The van der Waals surface area contributed by atoms with Crippen LogP contribution in [0.4, 0.5) is 0 Å². The summed E-state index contributed by atoms with van der Waals surface area (Å²) in [4.78, 5) is 0. The first kappa shape index (κ1) is 13.4. The van der Waals surface area contributed by atoms with E-state index in [1.807, 2.05) is 0 Å². The van der Waals surface area contributed by atoms with Crippen molar-refractivity contribution >= 4 is 34.0 Å². The Kier molecular flexibility index (Phi) is 3.41. The fourth-order valence-electron chi connectivity index (χ4n) is 3.10. The molecule has 0 aromatic heterocycles. The van der Waals surface area contributed by atoms with Crippen LogP contribution in [-0.2, 0) is 0 Å². The molecule has 1 fully saturated rings. The first-order chi connectivity index (χ1) is 9.34. The van der Waals surface area contributed by atoms with E-state index in [0.29, 0.717) is 5.92 Å². The molecule has 0 heterocycles. The van der Waals surface area contributed by atoms with E-state index in [1.54, 1.807) is 0 Å². The van der Waals surface area contributed by atoms with Gasteiger partial charge in [0.25, 0.3) is 0 Å². The van der Waals surface area contributed by atoms with Crippen LogP contribution in [0.15, 0.2) is 54.6 Å². The molecule has 1 nitrogen and oxygen atoms in total. The Morgan fingerprint density at radius 1 is 0.850 bits per heavy atom. The molecule has 0 spiro atoms. The first-order valence-corrected chi connectivity index (χ1v) is 7.00. The molecular weight excluding hydrogens is 266 g/mol. The normalized spacial score (nSPS) is 16.1. The van der Waals surface area contributed by atoms with Gasteiger partial charge in [-0.2, -0.15) is 0 Å². The van der Waals surface area contributed by atoms with Crippen LogP contribution in [0.1, 0.15) is 24.4 Å². The third-order valence-electron chi connectivity index (χ3n) is 4.28. The van der Waals surface area contributed by atoms with E-state index in [9.17, 15) is 0 Å². The standard InChI is InChI=1S/C18H17N.ClH/c19-18(12-9-10-12)17-15-7-3-1-5-13(15)11-14-6-2-4-8-16(14)17;/h1-8,11-12,18H,9-10,19H2;1H/t18-;/m1./s1. The van der Waals surface area contributed by atoms with Gasteiger partial charge >= 0.3 is 0 Å². The molecule has 0 saturated heterocycles. The SMILES string of the molecule is Cl.N[C@@H](c1c2ccccc2cc2ccccc12)C1CC1. The van der Waals surface area contributed by atoms with Crippen molar-refractivity contribution in [3.63, 3.8) is 0 Å². The quantitative estimate of drug-likeness (QED) is 0.670. The molecule has 0 bridgehead atoms. The van der Waals surface area contributed by atoms with Gasteiger partial charge in [0.05, 0.1) is 0 Å². The average molecular weight is 284 g/mol. The van der Waals surface area contributed by atoms with E-state index in [4.69, 9.17) is 5.73 Å². The number of hydrogen-bond donors (Lipinski definition) is 1. The molecule has 4 rings (SSSR count). The molecule has 3 aromatic carbocycles. The van der Waals surface area contributed by atoms with Gasteiger partial charge in [-0.25, -0.2) is 0 Å². The summed E-state index contributed by atoms with van der Waals surface area (Å²) in [7, 11) is 0. The number of hydrogen-bond acceptors (Lipinski definition) is 1.